The molecule has 140 valence electrons. The van der Waals surface area contributed by atoms with Crippen LogP contribution in [0.25, 0.3) is 10.8 Å². The number of fused-ring (bicyclic) bond motifs is 2. The van der Waals surface area contributed by atoms with E-state index in [1.807, 2.05) is 49.4 Å². The third kappa shape index (κ3) is 3.77. The summed E-state index contributed by atoms with van der Waals surface area (Å²) in [4.78, 5) is 0.166. The van der Waals surface area contributed by atoms with Crippen molar-refractivity contribution in [3.8, 4) is 11.5 Å². The molecule has 1 heterocycles. The molecule has 1 aliphatic rings. The molecule has 0 radical (unpaired) electrons. The SMILES string of the molecule is C[C@@H](NS(=O)(=O)c1ccc2c(c1)OCCCO2)c1ccc2ccccc2c1. The molecular formula is C21H21NO4S. The molecule has 3 aromatic rings. The second-order valence-electron chi connectivity index (χ2n) is 6.61. The first kappa shape index (κ1) is 17.8. The maximum Gasteiger partial charge on any atom is 0.241 e. The summed E-state index contributed by atoms with van der Waals surface area (Å²) in [7, 11) is -3.69. The third-order valence-electron chi connectivity index (χ3n) is 4.63. The largest absolute Gasteiger partial charge is 0.490 e. The van der Waals surface area contributed by atoms with Gasteiger partial charge in [-0.1, -0.05) is 36.4 Å². The molecule has 3 aromatic carbocycles. The number of hydrogen-bond acceptors (Lipinski definition) is 4. The van der Waals surface area contributed by atoms with Gasteiger partial charge in [0.2, 0.25) is 10.0 Å². The number of hydrogen-bond donors (Lipinski definition) is 1. The first-order chi connectivity index (χ1) is 13.0. The lowest BCUT2D eigenvalue weighted by Gasteiger charge is -2.16. The molecule has 6 heteroatoms. The van der Waals surface area contributed by atoms with Gasteiger partial charge in [-0.2, -0.15) is 0 Å². The second-order valence-corrected chi connectivity index (χ2v) is 8.32. The Balaban J connectivity index is 1.59. The van der Waals surface area contributed by atoms with E-state index in [2.05, 4.69) is 4.72 Å². The summed E-state index contributed by atoms with van der Waals surface area (Å²) < 4.78 is 39.6. The molecule has 0 amide bonds. The van der Waals surface area contributed by atoms with Gasteiger partial charge in [-0.15, -0.1) is 0 Å². The molecule has 0 unspecified atom stereocenters. The fourth-order valence-electron chi connectivity index (χ4n) is 3.16. The highest BCUT2D eigenvalue weighted by atomic mass is 32.2. The minimum Gasteiger partial charge on any atom is -0.490 e. The van der Waals surface area contributed by atoms with Crippen molar-refractivity contribution in [3.63, 3.8) is 0 Å². The van der Waals surface area contributed by atoms with Gasteiger partial charge in [-0.25, -0.2) is 13.1 Å². The molecule has 4 rings (SSSR count). The van der Waals surface area contributed by atoms with E-state index >= 15 is 0 Å². The van der Waals surface area contributed by atoms with Crippen molar-refractivity contribution < 1.29 is 17.9 Å². The number of nitrogens with one attached hydrogen (secondary N) is 1. The van der Waals surface area contributed by atoms with Gasteiger partial charge in [0, 0.05) is 18.5 Å². The van der Waals surface area contributed by atoms with Crippen LogP contribution in [0, 0.1) is 0 Å². The molecule has 0 bridgehead atoms. The molecule has 0 aliphatic carbocycles. The Bertz CT molecular complexity index is 1080. The number of benzene rings is 3. The van der Waals surface area contributed by atoms with Crippen molar-refractivity contribution in [2.75, 3.05) is 13.2 Å². The average Bonchev–Trinajstić information content (AvgIpc) is 2.92. The number of rotatable bonds is 4. The average molecular weight is 383 g/mol. The Morgan fingerprint density at radius 2 is 1.63 bits per heavy atom. The molecule has 1 atom stereocenters. The molecule has 0 fully saturated rings. The summed E-state index contributed by atoms with van der Waals surface area (Å²) in [5, 5.41) is 2.20. The lowest BCUT2D eigenvalue weighted by atomic mass is 10.0. The first-order valence-corrected chi connectivity index (χ1v) is 10.4. The van der Waals surface area contributed by atoms with E-state index in [9.17, 15) is 8.42 Å². The Kier molecular flexibility index (Phi) is 4.76. The van der Waals surface area contributed by atoms with Gasteiger partial charge in [0.15, 0.2) is 11.5 Å². The quantitative estimate of drug-likeness (QED) is 0.738. The smallest absolute Gasteiger partial charge is 0.241 e. The van der Waals surface area contributed by atoms with Gasteiger partial charge in [0.1, 0.15) is 0 Å². The van der Waals surface area contributed by atoms with E-state index in [0.717, 1.165) is 22.8 Å². The van der Waals surface area contributed by atoms with E-state index in [0.29, 0.717) is 24.7 Å². The molecular weight excluding hydrogens is 362 g/mol. The van der Waals surface area contributed by atoms with Gasteiger partial charge >= 0.3 is 0 Å². The molecule has 0 saturated carbocycles. The van der Waals surface area contributed by atoms with Crippen LogP contribution in [0.5, 0.6) is 11.5 Å². The summed E-state index contributed by atoms with van der Waals surface area (Å²) in [5.74, 6) is 1.04. The van der Waals surface area contributed by atoms with Gasteiger partial charge < -0.3 is 9.47 Å². The fourth-order valence-corrected chi connectivity index (χ4v) is 4.40. The number of sulfonamides is 1. The van der Waals surface area contributed by atoms with E-state index in [1.54, 1.807) is 12.1 Å². The Hall–Kier alpha value is -2.57. The second kappa shape index (κ2) is 7.21. The third-order valence-corrected chi connectivity index (χ3v) is 6.17. The summed E-state index contributed by atoms with van der Waals surface area (Å²) in [6, 6.07) is 18.3. The van der Waals surface area contributed by atoms with Gasteiger partial charge in [0.25, 0.3) is 0 Å². The van der Waals surface area contributed by atoms with Crippen molar-refractivity contribution in [2.24, 2.45) is 0 Å². The van der Waals surface area contributed by atoms with Crippen LogP contribution in [0.1, 0.15) is 24.9 Å². The van der Waals surface area contributed by atoms with Crippen LogP contribution in [-0.4, -0.2) is 21.6 Å². The fraction of sp³-hybridized carbons (Fsp3) is 0.238. The summed E-state index contributed by atoms with van der Waals surface area (Å²) in [6.07, 6.45) is 0.772. The zero-order chi connectivity index (χ0) is 18.9. The highest BCUT2D eigenvalue weighted by Gasteiger charge is 2.21. The van der Waals surface area contributed by atoms with Crippen LogP contribution in [0.3, 0.4) is 0 Å². The van der Waals surface area contributed by atoms with Gasteiger partial charge in [-0.3, -0.25) is 0 Å². The lowest BCUT2D eigenvalue weighted by Crippen LogP contribution is -2.26. The van der Waals surface area contributed by atoms with Crippen LogP contribution in [-0.2, 0) is 10.0 Å². The maximum absolute atomic E-state index is 12.8. The van der Waals surface area contributed by atoms with Crippen LogP contribution < -0.4 is 14.2 Å². The monoisotopic (exact) mass is 383 g/mol. The van der Waals surface area contributed by atoms with Crippen LogP contribution >= 0.6 is 0 Å². The summed E-state index contributed by atoms with van der Waals surface area (Å²) >= 11 is 0. The number of ether oxygens (including phenoxy) is 2. The van der Waals surface area contributed by atoms with Crippen LogP contribution in [0.2, 0.25) is 0 Å². The Labute approximate surface area is 159 Å². The molecule has 0 aromatic heterocycles. The predicted molar refractivity (Wildman–Crippen MR) is 105 cm³/mol. The summed E-state index contributed by atoms with van der Waals surface area (Å²) in [6.45, 7) is 2.92. The van der Waals surface area contributed by atoms with Gasteiger partial charge in [-0.05, 0) is 41.5 Å². The molecule has 0 spiro atoms. The topological polar surface area (TPSA) is 64.6 Å². The highest BCUT2D eigenvalue weighted by molar-refractivity contribution is 7.89. The van der Waals surface area contributed by atoms with Crippen LogP contribution in [0.15, 0.2) is 65.6 Å². The van der Waals surface area contributed by atoms with E-state index < -0.39 is 10.0 Å². The van der Waals surface area contributed by atoms with E-state index in [-0.39, 0.29) is 10.9 Å². The van der Waals surface area contributed by atoms with Crippen molar-refractivity contribution in [2.45, 2.75) is 24.3 Å². The predicted octanol–water partition coefficient (Wildman–Crippen LogP) is 4.04. The summed E-state index contributed by atoms with van der Waals surface area (Å²) in [5.41, 5.74) is 0.909. The highest BCUT2D eigenvalue weighted by Crippen LogP contribution is 2.32. The van der Waals surface area contributed by atoms with Gasteiger partial charge in [0.05, 0.1) is 18.1 Å². The van der Waals surface area contributed by atoms with Crippen molar-refractivity contribution in [3.05, 3.63) is 66.2 Å². The van der Waals surface area contributed by atoms with Crippen molar-refractivity contribution in [1.82, 2.24) is 4.72 Å². The van der Waals surface area contributed by atoms with Crippen LogP contribution in [0.4, 0.5) is 0 Å². The Morgan fingerprint density at radius 3 is 2.44 bits per heavy atom. The van der Waals surface area contributed by atoms with E-state index in [4.69, 9.17) is 9.47 Å². The zero-order valence-corrected chi connectivity index (χ0v) is 15.8. The van der Waals surface area contributed by atoms with Crippen molar-refractivity contribution in [1.29, 1.82) is 0 Å². The Morgan fingerprint density at radius 1 is 0.889 bits per heavy atom. The zero-order valence-electron chi connectivity index (χ0n) is 15.0. The molecule has 1 aliphatic heterocycles. The molecule has 0 saturated heterocycles. The minimum absolute atomic E-state index is 0.166. The van der Waals surface area contributed by atoms with Crippen molar-refractivity contribution >= 4 is 20.8 Å². The normalized spacial score (nSPS) is 15.3. The molecule has 27 heavy (non-hydrogen) atoms. The maximum atomic E-state index is 12.8. The molecule has 5 nitrogen and oxygen atoms in total. The first-order valence-electron chi connectivity index (χ1n) is 8.94. The standard InChI is InChI=1S/C21H21NO4S/c1-15(17-8-7-16-5-2-3-6-18(16)13-17)22-27(23,24)19-9-10-20-21(14-19)26-12-4-11-25-20/h2-3,5-10,13-15,22H,4,11-12H2,1H3/t15-/m1/s1. The minimum atomic E-state index is -3.69. The van der Waals surface area contributed by atoms with E-state index in [1.165, 1.54) is 6.07 Å². The molecule has 1 N–H and O–H groups in total. The lowest BCUT2D eigenvalue weighted by molar-refractivity contribution is 0.297.